The molecular weight excluding hydrogens is 495 g/mol. The summed E-state index contributed by atoms with van der Waals surface area (Å²) in [4.78, 5) is 23.2. The van der Waals surface area contributed by atoms with Crippen molar-refractivity contribution >= 4 is 62.0 Å². The molecule has 0 atom stereocenters. The number of aryl methyl sites for hydroxylation is 1. The molecule has 8 heteroatoms. The smallest absolute Gasteiger partial charge is 0.303 e. The number of benzene rings is 3. The average Bonchev–Trinajstić information content (AvgIpc) is 2.74. The predicted octanol–water partition coefficient (Wildman–Crippen LogP) is 6.21. The van der Waals surface area contributed by atoms with Gasteiger partial charge in [-0.15, -0.1) is 0 Å². The average molecular weight is 515 g/mol. The van der Waals surface area contributed by atoms with Gasteiger partial charge in [-0.05, 0) is 54.4 Å². The summed E-state index contributed by atoms with van der Waals surface area (Å²) in [6.07, 6.45) is -0.420. The Morgan fingerprint density at radius 1 is 1.00 bits per heavy atom. The van der Waals surface area contributed by atoms with Crippen LogP contribution in [0.25, 0.3) is 0 Å². The van der Waals surface area contributed by atoms with Gasteiger partial charge < -0.3 is 15.7 Å². The van der Waals surface area contributed by atoms with E-state index >= 15 is 0 Å². The molecule has 0 saturated carbocycles. The molecule has 0 aliphatic carbocycles. The normalized spacial score (nSPS) is 10.5. The van der Waals surface area contributed by atoms with Crippen molar-refractivity contribution in [1.82, 2.24) is 0 Å². The molecule has 0 unspecified atom stereocenters. The highest BCUT2D eigenvalue weighted by atomic mass is 79.9. The van der Waals surface area contributed by atoms with Crippen molar-refractivity contribution in [3.63, 3.8) is 0 Å². The van der Waals surface area contributed by atoms with Gasteiger partial charge in [0.1, 0.15) is 5.82 Å². The van der Waals surface area contributed by atoms with Crippen molar-refractivity contribution in [2.75, 3.05) is 10.6 Å². The quantitative estimate of drug-likeness (QED) is 0.246. The lowest BCUT2D eigenvalue weighted by Gasteiger charge is -2.15. The Morgan fingerprint density at radius 3 is 2.44 bits per heavy atom. The summed E-state index contributed by atoms with van der Waals surface area (Å²) < 4.78 is 15.6. The standard InChI is InChI=1S/C24H20BrFN2O3S/c1-14-4-2-3-5-17(14)24(32)18-8-7-16(13-19(18)26)27-20-9-6-15(25)12-21(20)28-22(29)10-11-23(30)31/h2-9,12-13,27H,10-11H2,1H3,(H,28,29)(H,30,31). The number of rotatable bonds is 8. The lowest BCUT2D eigenvalue weighted by Crippen LogP contribution is -2.14. The minimum Gasteiger partial charge on any atom is -0.481 e. The minimum atomic E-state index is -1.05. The summed E-state index contributed by atoms with van der Waals surface area (Å²) in [7, 11) is 0. The summed E-state index contributed by atoms with van der Waals surface area (Å²) in [6, 6.07) is 17.4. The molecule has 5 nitrogen and oxygen atoms in total. The van der Waals surface area contributed by atoms with Crippen LogP contribution in [0.5, 0.6) is 0 Å². The van der Waals surface area contributed by atoms with Crippen molar-refractivity contribution in [3.8, 4) is 0 Å². The summed E-state index contributed by atoms with van der Waals surface area (Å²) in [5, 5.41) is 14.5. The van der Waals surface area contributed by atoms with Gasteiger partial charge in [-0.25, -0.2) is 4.39 Å². The first-order valence-corrected chi connectivity index (χ1v) is 10.9. The van der Waals surface area contributed by atoms with Crippen molar-refractivity contribution in [2.45, 2.75) is 19.8 Å². The Kier molecular flexibility index (Phi) is 7.71. The van der Waals surface area contributed by atoms with Crippen LogP contribution in [0.15, 0.2) is 65.1 Å². The minimum absolute atomic E-state index is 0.152. The molecule has 0 fully saturated rings. The summed E-state index contributed by atoms with van der Waals surface area (Å²) >= 11 is 8.86. The first kappa shape index (κ1) is 23.6. The molecular formula is C24H20BrFN2O3S. The Balaban J connectivity index is 1.81. The van der Waals surface area contributed by atoms with E-state index in [-0.39, 0.29) is 12.8 Å². The highest BCUT2D eigenvalue weighted by Gasteiger charge is 2.14. The summed E-state index contributed by atoms with van der Waals surface area (Å²) in [5.74, 6) is -1.95. The van der Waals surface area contributed by atoms with Crippen LogP contribution in [0.1, 0.15) is 29.5 Å². The highest BCUT2D eigenvalue weighted by Crippen LogP contribution is 2.30. The number of carbonyl (C=O) groups excluding carboxylic acids is 1. The Bertz CT molecular complexity index is 1200. The molecule has 3 aromatic rings. The molecule has 3 rings (SSSR count). The maximum atomic E-state index is 14.9. The first-order chi connectivity index (χ1) is 15.2. The van der Waals surface area contributed by atoms with E-state index in [1.807, 2.05) is 31.2 Å². The molecule has 1 amide bonds. The number of anilines is 3. The Morgan fingerprint density at radius 2 is 1.75 bits per heavy atom. The highest BCUT2D eigenvalue weighted by molar-refractivity contribution is 9.10. The van der Waals surface area contributed by atoms with Gasteiger partial charge in [-0.2, -0.15) is 0 Å². The third kappa shape index (κ3) is 5.99. The Hall–Kier alpha value is -3.10. The first-order valence-electron chi connectivity index (χ1n) is 9.72. The maximum absolute atomic E-state index is 14.9. The van der Waals surface area contributed by atoms with Crippen LogP contribution in [-0.2, 0) is 9.59 Å². The van der Waals surface area contributed by atoms with Gasteiger partial charge in [0.2, 0.25) is 5.91 Å². The van der Waals surface area contributed by atoms with Crippen molar-refractivity contribution in [3.05, 3.63) is 87.6 Å². The summed E-state index contributed by atoms with van der Waals surface area (Å²) in [5.41, 5.74) is 3.55. The lowest BCUT2D eigenvalue weighted by atomic mass is 9.99. The number of hydrogen-bond acceptors (Lipinski definition) is 4. The third-order valence-corrected chi connectivity index (χ3v) is 5.64. The van der Waals surface area contributed by atoms with E-state index in [2.05, 4.69) is 26.6 Å². The van der Waals surface area contributed by atoms with Crippen LogP contribution in [0.3, 0.4) is 0 Å². The second kappa shape index (κ2) is 10.5. The van der Waals surface area contributed by atoms with Crippen LogP contribution in [0.4, 0.5) is 21.5 Å². The molecule has 3 aromatic carbocycles. The Labute approximate surface area is 198 Å². The molecule has 164 valence electrons. The second-order valence-electron chi connectivity index (χ2n) is 7.10. The molecule has 0 aliphatic rings. The number of carbonyl (C=O) groups is 2. The zero-order valence-electron chi connectivity index (χ0n) is 17.1. The fraction of sp³-hybridized carbons (Fsp3) is 0.125. The number of carboxylic acids is 1. The van der Waals surface area contributed by atoms with Crippen molar-refractivity contribution in [1.29, 1.82) is 0 Å². The number of thiocarbonyl (C=S) groups is 1. The number of aliphatic carboxylic acids is 1. The van der Waals surface area contributed by atoms with E-state index in [1.54, 1.807) is 30.3 Å². The summed E-state index contributed by atoms with van der Waals surface area (Å²) in [6.45, 7) is 1.93. The van der Waals surface area contributed by atoms with Crippen LogP contribution >= 0.6 is 28.1 Å². The van der Waals surface area contributed by atoms with Crippen LogP contribution in [0, 0.1) is 12.7 Å². The molecule has 0 aliphatic heterocycles. The number of amides is 1. The molecule has 0 saturated heterocycles. The van der Waals surface area contributed by atoms with Crippen molar-refractivity contribution in [2.24, 2.45) is 0 Å². The van der Waals surface area contributed by atoms with E-state index < -0.39 is 17.7 Å². The number of halogens is 2. The van der Waals surface area contributed by atoms with Gasteiger partial charge in [-0.3, -0.25) is 9.59 Å². The van der Waals surface area contributed by atoms with Gasteiger partial charge in [0.05, 0.1) is 22.7 Å². The van der Waals surface area contributed by atoms with E-state index in [9.17, 15) is 14.0 Å². The molecule has 0 bridgehead atoms. The van der Waals surface area contributed by atoms with Crippen molar-refractivity contribution < 1.29 is 19.1 Å². The zero-order chi connectivity index (χ0) is 23.3. The van der Waals surface area contributed by atoms with Gasteiger partial charge in [0, 0.05) is 22.1 Å². The second-order valence-corrected chi connectivity index (χ2v) is 8.42. The van der Waals surface area contributed by atoms with E-state index in [1.165, 1.54) is 6.07 Å². The largest absolute Gasteiger partial charge is 0.481 e. The van der Waals surface area contributed by atoms with E-state index in [0.29, 0.717) is 27.5 Å². The molecule has 3 N–H and O–H groups in total. The molecule has 0 aromatic heterocycles. The maximum Gasteiger partial charge on any atom is 0.303 e. The van der Waals surface area contributed by atoms with Gasteiger partial charge in [0.15, 0.2) is 0 Å². The topological polar surface area (TPSA) is 78.4 Å². The third-order valence-electron chi connectivity index (χ3n) is 4.70. The number of hydrogen-bond donors (Lipinski definition) is 3. The molecule has 0 spiro atoms. The lowest BCUT2D eigenvalue weighted by molar-refractivity contribution is -0.138. The number of carboxylic acid groups (broad SMARTS) is 1. The van der Waals surface area contributed by atoms with Crippen LogP contribution in [0.2, 0.25) is 0 Å². The fourth-order valence-corrected chi connectivity index (χ4v) is 3.82. The monoisotopic (exact) mass is 514 g/mol. The fourth-order valence-electron chi connectivity index (χ4n) is 3.07. The molecule has 0 radical (unpaired) electrons. The van der Waals surface area contributed by atoms with Gasteiger partial charge in [-0.1, -0.05) is 52.4 Å². The van der Waals surface area contributed by atoms with Crippen LogP contribution < -0.4 is 10.6 Å². The SMILES string of the molecule is Cc1ccccc1C(=S)c1ccc(Nc2ccc(Br)cc2NC(=O)CCC(=O)O)cc1F. The van der Waals surface area contributed by atoms with E-state index in [4.69, 9.17) is 17.3 Å². The predicted molar refractivity (Wildman–Crippen MR) is 131 cm³/mol. The van der Waals surface area contributed by atoms with Gasteiger partial charge >= 0.3 is 5.97 Å². The van der Waals surface area contributed by atoms with E-state index in [0.717, 1.165) is 15.6 Å². The number of nitrogens with one attached hydrogen (secondary N) is 2. The zero-order valence-corrected chi connectivity index (χ0v) is 19.5. The van der Waals surface area contributed by atoms with Crippen LogP contribution in [-0.4, -0.2) is 21.8 Å². The van der Waals surface area contributed by atoms with Gasteiger partial charge in [0.25, 0.3) is 0 Å². The molecule has 0 heterocycles. The molecule has 32 heavy (non-hydrogen) atoms.